The summed E-state index contributed by atoms with van der Waals surface area (Å²) >= 11 is 0.843. The van der Waals surface area contributed by atoms with E-state index in [9.17, 15) is 14.4 Å². The molecule has 0 bridgehead atoms. The minimum atomic E-state index is -0.400. The minimum absolute atomic E-state index is 0.180. The standard InChI is InChI=1S/C22H22N2O6S/c1-28-12-11-24-21(26)18(31-22(24)27)13-15-7-6-10-17(29-2)20(15)30-14-19(25)23-16-8-4-3-5-9-16/h3-10,13H,11-12,14H2,1-2H3,(H,23,25)/b18-13+. The Morgan fingerprint density at radius 1 is 1.10 bits per heavy atom. The highest BCUT2D eigenvalue weighted by Crippen LogP contribution is 2.37. The van der Waals surface area contributed by atoms with Gasteiger partial charge in [0.2, 0.25) is 0 Å². The van der Waals surface area contributed by atoms with Gasteiger partial charge in [0.1, 0.15) is 0 Å². The first kappa shape index (κ1) is 22.4. The molecule has 2 aromatic carbocycles. The van der Waals surface area contributed by atoms with Crippen molar-refractivity contribution in [3.8, 4) is 11.5 Å². The number of anilines is 1. The van der Waals surface area contributed by atoms with Crippen LogP contribution in [0, 0.1) is 0 Å². The van der Waals surface area contributed by atoms with Crippen LogP contribution in [0.1, 0.15) is 5.56 Å². The summed E-state index contributed by atoms with van der Waals surface area (Å²) in [7, 11) is 2.98. The number of rotatable bonds is 9. The summed E-state index contributed by atoms with van der Waals surface area (Å²) in [4.78, 5) is 38.4. The quantitative estimate of drug-likeness (QED) is 0.595. The molecule has 31 heavy (non-hydrogen) atoms. The number of carbonyl (C=O) groups excluding carboxylic acids is 3. The van der Waals surface area contributed by atoms with Crippen molar-refractivity contribution in [2.45, 2.75) is 0 Å². The molecule has 0 atom stereocenters. The molecule has 1 fully saturated rings. The van der Waals surface area contributed by atoms with E-state index in [1.54, 1.807) is 36.4 Å². The van der Waals surface area contributed by atoms with Gasteiger partial charge in [0, 0.05) is 18.4 Å². The van der Waals surface area contributed by atoms with Crippen molar-refractivity contribution < 1.29 is 28.6 Å². The monoisotopic (exact) mass is 442 g/mol. The molecule has 9 heteroatoms. The third-order valence-electron chi connectivity index (χ3n) is 4.31. The molecular formula is C22H22N2O6S. The maximum absolute atomic E-state index is 12.6. The Labute approximate surface area is 184 Å². The van der Waals surface area contributed by atoms with Gasteiger partial charge >= 0.3 is 0 Å². The van der Waals surface area contributed by atoms with Crippen LogP contribution in [-0.4, -0.2) is 55.9 Å². The number of nitrogens with one attached hydrogen (secondary N) is 1. The van der Waals surface area contributed by atoms with Gasteiger partial charge in [-0.3, -0.25) is 19.3 Å². The first-order chi connectivity index (χ1) is 15.0. The number of para-hydroxylation sites is 2. The van der Waals surface area contributed by atoms with E-state index < -0.39 is 5.91 Å². The molecule has 162 valence electrons. The van der Waals surface area contributed by atoms with Crippen LogP contribution in [0.15, 0.2) is 53.4 Å². The zero-order valence-electron chi connectivity index (χ0n) is 17.1. The fourth-order valence-electron chi connectivity index (χ4n) is 2.83. The van der Waals surface area contributed by atoms with E-state index in [1.807, 2.05) is 18.2 Å². The van der Waals surface area contributed by atoms with Crippen molar-refractivity contribution in [2.75, 3.05) is 39.3 Å². The number of hydrogen-bond acceptors (Lipinski definition) is 7. The van der Waals surface area contributed by atoms with Crippen molar-refractivity contribution in [3.63, 3.8) is 0 Å². The maximum atomic E-state index is 12.6. The molecule has 3 rings (SSSR count). The van der Waals surface area contributed by atoms with Crippen molar-refractivity contribution in [2.24, 2.45) is 0 Å². The normalized spacial score (nSPS) is 14.8. The molecule has 1 aliphatic rings. The van der Waals surface area contributed by atoms with Crippen LogP contribution in [0.4, 0.5) is 10.5 Å². The largest absolute Gasteiger partial charge is 0.493 e. The number of imide groups is 1. The Bertz CT molecular complexity index is 993. The number of amides is 3. The van der Waals surface area contributed by atoms with Crippen molar-refractivity contribution in [1.29, 1.82) is 0 Å². The van der Waals surface area contributed by atoms with Crippen LogP contribution in [0.5, 0.6) is 11.5 Å². The Hall–Kier alpha value is -3.30. The Kier molecular flexibility index (Phi) is 7.69. The molecule has 1 saturated heterocycles. The highest BCUT2D eigenvalue weighted by molar-refractivity contribution is 8.18. The van der Waals surface area contributed by atoms with Crippen LogP contribution >= 0.6 is 11.8 Å². The van der Waals surface area contributed by atoms with E-state index in [1.165, 1.54) is 14.2 Å². The van der Waals surface area contributed by atoms with Crippen molar-refractivity contribution >= 4 is 40.6 Å². The second-order valence-electron chi connectivity index (χ2n) is 6.41. The van der Waals surface area contributed by atoms with Gasteiger partial charge < -0.3 is 19.5 Å². The van der Waals surface area contributed by atoms with Gasteiger partial charge in [0.05, 0.1) is 25.2 Å². The summed E-state index contributed by atoms with van der Waals surface area (Å²) < 4.78 is 16.0. The van der Waals surface area contributed by atoms with Gasteiger partial charge in [0.15, 0.2) is 18.1 Å². The molecule has 1 heterocycles. The van der Waals surface area contributed by atoms with Gasteiger partial charge in [-0.05, 0) is 36.0 Å². The summed E-state index contributed by atoms with van der Waals surface area (Å²) in [6, 6.07) is 14.2. The summed E-state index contributed by atoms with van der Waals surface area (Å²) in [5.41, 5.74) is 1.17. The van der Waals surface area contributed by atoms with Gasteiger partial charge in [-0.25, -0.2) is 0 Å². The second-order valence-corrected chi connectivity index (χ2v) is 7.40. The SMILES string of the molecule is COCCN1C(=O)S/C(=C/c2cccc(OC)c2OCC(=O)Nc2ccccc2)C1=O. The number of hydrogen-bond donors (Lipinski definition) is 1. The van der Waals surface area contributed by atoms with Crippen LogP contribution in [-0.2, 0) is 14.3 Å². The predicted molar refractivity (Wildman–Crippen MR) is 118 cm³/mol. The van der Waals surface area contributed by atoms with Crippen molar-refractivity contribution in [3.05, 3.63) is 59.0 Å². The number of nitrogens with zero attached hydrogens (tertiary/aromatic N) is 1. The topological polar surface area (TPSA) is 94.2 Å². The molecule has 3 amide bonds. The fourth-order valence-corrected chi connectivity index (χ4v) is 3.69. The molecule has 1 aliphatic heterocycles. The zero-order chi connectivity index (χ0) is 22.2. The number of ether oxygens (including phenoxy) is 3. The third kappa shape index (κ3) is 5.65. The third-order valence-corrected chi connectivity index (χ3v) is 5.22. The summed E-state index contributed by atoms with van der Waals surface area (Å²) in [6.45, 7) is 0.181. The number of methoxy groups -OCH3 is 2. The summed E-state index contributed by atoms with van der Waals surface area (Å²) in [5, 5.41) is 2.38. The Morgan fingerprint density at radius 3 is 2.58 bits per heavy atom. The zero-order valence-corrected chi connectivity index (χ0v) is 17.9. The number of benzene rings is 2. The lowest BCUT2D eigenvalue weighted by Crippen LogP contribution is -2.31. The average molecular weight is 442 g/mol. The van der Waals surface area contributed by atoms with Crippen LogP contribution in [0.3, 0.4) is 0 Å². The van der Waals surface area contributed by atoms with E-state index in [-0.39, 0.29) is 35.8 Å². The van der Waals surface area contributed by atoms with Gasteiger partial charge in [-0.2, -0.15) is 0 Å². The lowest BCUT2D eigenvalue weighted by molar-refractivity contribution is -0.123. The molecule has 0 aliphatic carbocycles. The lowest BCUT2D eigenvalue weighted by Gasteiger charge is -2.14. The molecule has 0 aromatic heterocycles. The van der Waals surface area contributed by atoms with E-state index in [2.05, 4.69) is 5.32 Å². The maximum Gasteiger partial charge on any atom is 0.293 e. The van der Waals surface area contributed by atoms with Crippen LogP contribution in [0.25, 0.3) is 6.08 Å². The van der Waals surface area contributed by atoms with Crippen LogP contribution < -0.4 is 14.8 Å². The average Bonchev–Trinajstić information content (AvgIpc) is 3.04. The Balaban J connectivity index is 1.77. The molecule has 0 saturated carbocycles. The smallest absolute Gasteiger partial charge is 0.293 e. The first-order valence-electron chi connectivity index (χ1n) is 9.42. The highest BCUT2D eigenvalue weighted by atomic mass is 32.2. The molecule has 0 radical (unpaired) electrons. The predicted octanol–water partition coefficient (Wildman–Crippen LogP) is 3.40. The van der Waals surface area contributed by atoms with Crippen LogP contribution in [0.2, 0.25) is 0 Å². The summed E-state index contributed by atoms with van der Waals surface area (Å²) in [6.07, 6.45) is 1.56. The lowest BCUT2D eigenvalue weighted by atomic mass is 10.1. The number of carbonyl (C=O) groups is 3. The van der Waals surface area contributed by atoms with E-state index in [0.29, 0.717) is 22.7 Å². The molecule has 8 nitrogen and oxygen atoms in total. The molecule has 0 spiro atoms. The van der Waals surface area contributed by atoms with Gasteiger partial charge in [-0.15, -0.1) is 0 Å². The van der Waals surface area contributed by atoms with Gasteiger partial charge in [-0.1, -0.05) is 30.3 Å². The van der Waals surface area contributed by atoms with Gasteiger partial charge in [0.25, 0.3) is 17.1 Å². The second kappa shape index (κ2) is 10.6. The summed E-state index contributed by atoms with van der Waals surface area (Å²) in [5.74, 6) is -0.0395. The first-order valence-corrected chi connectivity index (χ1v) is 10.2. The fraction of sp³-hybridized carbons (Fsp3) is 0.227. The molecule has 2 aromatic rings. The van der Waals surface area contributed by atoms with E-state index in [4.69, 9.17) is 14.2 Å². The minimum Gasteiger partial charge on any atom is -0.493 e. The number of thioether (sulfide) groups is 1. The van der Waals surface area contributed by atoms with Crippen molar-refractivity contribution in [1.82, 2.24) is 4.90 Å². The highest BCUT2D eigenvalue weighted by Gasteiger charge is 2.34. The molecule has 1 N–H and O–H groups in total. The van der Waals surface area contributed by atoms with E-state index in [0.717, 1.165) is 16.7 Å². The molecular weight excluding hydrogens is 420 g/mol. The Morgan fingerprint density at radius 2 is 1.87 bits per heavy atom. The molecule has 0 unspecified atom stereocenters. The van der Waals surface area contributed by atoms with E-state index >= 15 is 0 Å².